The second kappa shape index (κ2) is 16.1. The van der Waals surface area contributed by atoms with Crippen molar-refractivity contribution in [3.63, 3.8) is 0 Å². The molecule has 0 radical (unpaired) electrons. The first-order valence-corrected chi connectivity index (χ1v) is 12.1. The Hall–Kier alpha value is -2.55. The van der Waals surface area contributed by atoms with Gasteiger partial charge >= 0.3 is 0 Å². The number of hydrogen-bond donors (Lipinski definition) is 2. The summed E-state index contributed by atoms with van der Waals surface area (Å²) in [5.41, 5.74) is 1.92. The van der Waals surface area contributed by atoms with E-state index in [-0.39, 0.29) is 12.6 Å². The van der Waals surface area contributed by atoms with Gasteiger partial charge in [-0.15, -0.1) is 0 Å². The van der Waals surface area contributed by atoms with Crippen molar-refractivity contribution in [2.24, 2.45) is 0 Å². The summed E-state index contributed by atoms with van der Waals surface area (Å²) in [6.07, 6.45) is 12.5. The molecule has 174 valence electrons. The fourth-order valence-corrected chi connectivity index (χ4v) is 3.56. The Balaban J connectivity index is 1.46. The summed E-state index contributed by atoms with van der Waals surface area (Å²) in [5.74, 6) is -0.102. The first-order chi connectivity index (χ1) is 15.6. The van der Waals surface area contributed by atoms with E-state index in [1.54, 1.807) is 18.5 Å². The summed E-state index contributed by atoms with van der Waals surface area (Å²) in [5, 5.41) is 2.88. The number of nitrogens with one attached hydrogen (secondary N) is 1. The van der Waals surface area contributed by atoms with Gasteiger partial charge in [-0.1, -0.05) is 62.1 Å². The molecule has 0 unspecified atom stereocenters. The number of aromatic nitrogens is 1. The highest BCUT2D eigenvalue weighted by atomic mass is 32.2. The molecule has 0 fully saturated rings. The summed E-state index contributed by atoms with van der Waals surface area (Å²) in [6.45, 7) is 1.62. The lowest BCUT2D eigenvalue weighted by Crippen LogP contribution is -2.26. The van der Waals surface area contributed by atoms with E-state index in [2.05, 4.69) is 10.3 Å². The van der Waals surface area contributed by atoms with Crippen molar-refractivity contribution in [3.8, 4) is 0 Å². The average molecular weight is 460 g/mol. The molecular formula is C24H33N3O4S. The largest absolute Gasteiger partial charge is 0.360 e. The van der Waals surface area contributed by atoms with Crippen molar-refractivity contribution in [1.29, 1.82) is 0 Å². The third-order valence-corrected chi connectivity index (χ3v) is 5.61. The van der Waals surface area contributed by atoms with Crippen LogP contribution in [-0.4, -0.2) is 43.4 Å². The molecule has 2 aromatic rings. The topological polar surface area (TPSA) is 88.6 Å². The molecule has 2 rings (SSSR count). The number of rotatable bonds is 16. The number of carbonyl (C=O) groups is 1. The van der Waals surface area contributed by atoms with Crippen LogP contribution in [-0.2, 0) is 27.0 Å². The quantitative estimate of drug-likeness (QED) is 0.173. The van der Waals surface area contributed by atoms with Gasteiger partial charge in [0.2, 0.25) is 16.8 Å². The molecule has 0 spiro atoms. The van der Waals surface area contributed by atoms with Crippen molar-refractivity contribution in [2.75, 3.05) is 19.8 Å². The summed E-state index contributed by atoms with van der Waals surface area (Å²) < 4.78 is 29.7. The van der Waals surface area contributed by atoms with Gasteiger partial charge in [0.05, 0.1) is 6.61 Å². The smallest absolute Gasteiger partial charge is 0.243 e. The molecule has 0 saturated heterocycles. The minimum absolute atomic E-state index is 0.0858. The maximum Gasteiger partial charge on any atom is 0.243 e. The van der Waals surface area contributed by atoms with Crippen LogP contribution in [0.15, 0.2) is 60.9 Å². The fourth-order valence-electron chi connectivity index (χ4n) is 3.08. The van der Waals surface area contributed by atoms with Crippen molar-refractivity contribution in [3.05, 3.63) is 72.1 Å². The molecule has 1 N–H and O–H groups in total. The highest BCUT2D eigenvalue weighted by Gasteiger charge is 2.07. The number of pyridine rings is 1. The van der Waals surface area contributed by atoms with Gasteiger partial charge in [0.15, 0.2) is 0 Å². The third kappa shape index (κ3) is 11.7. The summed E-state index contributed by atoms with van der Waals surface area (Å²) in [7, 11) is -2.64. The number of amides is 1. The van der Waals surface area contributed by atoms with Crippen LogP contribution in [0.5, 0.6) is 0 Å². The molecule has 0 atom stereocenters. The Labute approximate surface area is 192 Å². The Morgan fingerprint density at radius 2 is 1.75 bits per heavy atom. The first kappa shape index (κ1) is 25.7. The fraction of sp³-hybridized carbons (Fsp3) is 0.417. The van der Waals surface area contributed by atoms with E-state index in [1.165, 1.54) is 10.4 Å². The molecule has 1 aromatic heterocycles. The van der Waals surface area contributed by atoms with Gasteiger partial charge in [0, 0.05) is 31.6 Å². The molecule has 0 aliphatic rings. The molecule has 32 heavy (non-hydrogen) atoms. The normalized spacial score (nSPS) is 11.4. The van der Waals surface area contributed by atoms with Gasteiger partial charge in [-0.05, 0) is 36.1 Å². The summed E-state index contributed by atoms with van der Waals surface area (Å²) >= 11 is 0. The van der Waals surface area contributed by atoms with E-state index in [1.807, 2.05) is 42.5 Å². The van der Waals surface area contributed by atoms with Crippen LogP contribution in [0.25, 0.3) is 6.08 Å². The molecule has 8 heteroatoms. The second-order valence-corrected chi connectivity index (χ2v) is 8.50. The predicted molar refractivity (Wildman–Crippen MR) is 127 cm³/mol. The molecule has 1 heterocycles. The van der Waals surface area contributed by atoms with Crippen LogP contribution in [0.2, 0.25) is 0 Å². The van der Waals surface area contributed by atoms with E-state index in [4.69, 9.17) is 4.74 Å². The van der Waals surface area contributed by atoms with E-state index in [0.717, 1.165) is 49.7 Å². The van der Waals surface area contributed by atoms with Crippen molar-refractivity contribution >= 4 is 22.9 Å². The zero-order chi connectivity index (χ0) is 22.9. The number of hydrogen-bond acceptors (Lipinski definition) is 5. The highest BCUT2D eigenvalue weighted by Crippen LogP contribution is 2.07. The van der Waals surface area contributed by atoms with Crippen molar-refractivity contribution in [2.45, 2.75) is 45.1 Å². The molecule has 1 amide bonds. The molecule has 1 aromatic carbocycles. The van der Waals surface area contributed by atoms with Gasteiger partial charge < -0.3 is 10.1 Å². The lowest BCUT2D eigenvalue weighted by molar-refractivity contribution is -0.116. The zero-order valence-corrected chi connectivity index (χ0v) is 19.3. The molecule has 7 nitrogen and oxygen atoms in total. The number of ether oxygens (including phenoxy) is 1. The molecule has 0 bridgehead atoms. The van der Waals surface area contributed by atoms with Crippen LogP contribution in [0.4, 0.5) is 0 Å². The van der Waals surface area contributed by atoms with E-state index < -0.39 is 10.9 Å². The number of unbranched alkanes of at least 4 members (excludes halogenated alkanes) is 5. The Morgan fingerprint density at radius 1 is 1.00 bits per heavy atom. The number of carbonyl (C=O) groups excluding carboxylic acids is 1. The highest BCUT2D eigenvalue weighted by molar-refractivity contribution is 7.69. The number of benzene rings is 1. The van der Waals surface area contributed by atoms with Crippen molar-refractivity contribution < 1.29 is 17.9 Å². The SMILES string of the molecule is O=C(C=Cc1cccnc1)NCCCCCCCCN(COCc1ccccc1)[SH](=O)=O. The minimum Gasteiger partial charge on any atom is -0.360 e. The summed E-state index contributed by atoms with van der Waals surface area (Å²) in [4.78, 5) is 15.8. The third-order valence-electron chi connectivity index (χ3n) is 4.84. The van der Waals surface area contributed by atoms with Crippen LogP contribution in [0.3, 0.4) is 0 Å². The Bertz CT molecular complexity index is 865. The first-order valence-electron chi connectivity index (χ1n) is 11.0. The lowest BCUT2D eigenvalue weighted by atomic mass is 10.1. The van der Waals surface area contributed by atoms with Crippen molar-refractivity contribution in [1.82, 2.24) is 14.6 Å². The van der Waals surface area contributed by atoms with Gasteiger partial charge in [-0.2, -0.15) is 4.31 Å². The second-order valence-electron chi connectivity index (χ2n) is 7.46. The van der Waals surface area contributed by atoms with Crippen LogP contribution in [0.1, 0.15) is 49.7 Å². The van der Waals surface area contributed by atoms with Crippen LogP contribution < -0.4 is 5.32 Å². The number of nitrogens with zero attached hydrogens (tertiary/aromatic N) is 2. The molecule has 0 aliphatic carbocycles. The number of thiol groups is 1. The minimum atomic E-state index is -2.64. The van der Waals surface area contributed by atoms with Gasteiger partial charge in [-0.3, -0.25) is 9.78 Å². The molecule has 0 aliphatic heterocycles. The lowest BCUT2D eigenvalue weighted by Gasteiger charge is -2.15. The van der Waals surface area contributed by atoms with Gasteiger partial charge in [0.25, 0.3) is 0 Å². The maximum absolute atomic E-state index is 11.8. The summed E-state index contributed by atoms with van der Waals surface area (Å²) in [6, 6.07) is 13.4. The Morgan fingerprint density at radius 3 is 2.47 bits per heavy atom. The Kier molecular flexibility index (Phi) is 13.0. The average Bonchev–Trinajstić information content (AvgIpc) is 2.81. The maximum atomic E-state index is 11.8. The standard InChI is InChI=1S/C24H33N3O4S/c28-24(15-14-22-13-10-16-25-19-22)26-17-8-3-1-2-4-9-18-27(32(29)30)21-31-20-23-11-6-5-7-12-23/h5-7,10-16,19,32H,1-4,8-9,17-18,20-21H2,(H,26,28). The molecular weight excluding hydrogens is 426 g/mol. The van der Waals surface area contributed by atoms with E-state index in [0.29, 0.717) is 19.7 Å². The van der Waals surface area contributed by atoms with Crippen LogP contribution in [0, 0.1) is 0 Å². The predicted octanol–water partition coefficient (Wildman–Crippen LogP) is 3.55. The molecule has 0 saturated carbocycles. The van der Waals surface area contributed by atoms with Gasteiger partial charge in [0.1, 0.15) is 6.73 Å². The van der Waals surface area contributed by atoms with Gasteiger partial charge in [-0.25, -0.2) is 8.42 Å². The zero-order valence-electron chi connectivity index (χ0n) is 18.4. The van der Waals surface area contributed by atoms with E-state index in [9.17, 15) is 13.2 Å². The van der Waals surface area contributed by atoms with E-state index >= 15 is 0 Å². The monoisotopic (exact) mass is 459 g/mol. The van der Waals surface area contributed by atoms with Crippen LogP contribution >= 0.6 is 0 Å².